The summed E-state index contributed by atoms with van der Waals surface area (Å²) in [5, 5.41) is 14.3. The highest BCUT2D eigenvalue weighted by molar-refractivity contribution is 5.88. The van der Waals surface area contributed by atoms with E-state index < -0.39 is 48.1 Å². The minimum Gasteiger partial charge on any atom is -0.336 e. The number of hydrogen-bond donors (Lipinski definition) is 2. The summed E-state index contributed by atoms with van der Waals surface area (Å²) >= 11 is 0. The van der Waals surface area contributed by atoms with E-state index in [0.29, 0.717) is 25.9 Å². The summed E-state index contributed by atoms with van der Waals surface area (Å²) in [4.78, 5) is 27.3. The van der Waals surface area contributed by atoms with Crippen LogP contribution in [0.3, 0.4) is 0 Å². The molecular weight excluding hydrogens is 421 g/mol. The summed E-state index contributed by atoms with van der Waals surface area (Å²) in [6.07, 6.45) is 3.32. The molecule has 1 aromatic carbocycles. The molecule has 4 rings (SSSR count). The van der Waals surface area contributed by atoms with Crippen LogP contribution in [0.4, 0.5) is 18.0 Å². The maximum atomic E-state index is 14.9. The second-order valence-electron chi connectivity index (χ2n) is 9.57. The number of urea groups is 1. The molecule has 1 saturated heterocycles. The third-order valence-electron chi connectivity index (χ3n) is 6.73. The largest absolute Gasteiger partial charge is 0.336 e. The van der Waals surface area contributed by atoms with E-state index >= 15 is 0 Å². The summed E-state index contributed by atoms with van der Waals surface area (Å²) in [5.74, 6) is -4.63. The van der Waals surface area contributed by atoms with Gasteiger partial charge in [-0.15, -0.1) is 0 Å². The summed E-state index contributed by atoms with van der Waals surface area (Å²) < 4.78 is 42.8. The fraction of sp³-hybridized carbons (Fsp3) is 0.609. The molecule has 172 valence electrons. The molecule has 2 N–H and O–H groups in total. The summed E-state index contributed by atoms with van der Waals surface area (Å²) in [6.45, 7) is 1.09. The van der Waals surface area contributed by atoms with Crippen LogP contribution in [0.25, 0.3) is 0 Å². The Hall–Kier alpha value is -2.76. The first-order valence-electron chi connectivity index (χ1n) is 11.0. The number of rotatable bonds is 7. The number of carbonyl (C=O) groups is 2. The number of nitriles is 1. The van der Waals surface area contributed by atoms with E-state index in [1.54, 1.807) is 4.90 Å². The standard InChI is InChI=1S/C23H27F3N4O2/c24-17-4-2-16(3-5-17)12-23(25,26)13-18(19(31)29-22(14-27)9-10-22)28-20(32)30-11-1-6-21(15-30)7-8-21/h2-5,18H,1,6-13,15H2,(H,28,32)(H,29,31)/t18-/m0/s1. The zero-order chi connectivity index (χ0) is 23.0. The van der Waals surface area contributed by atoms with Crippen molar-refractivity contribution in [3.8, 4) is 6.07 Å². The Labute approximate surface area is 185 Å². The molecule has 1 heterocycles. The number of halogens is 3. The second kappa shape index (κ2) is 8.30. The monoisotopic (exact) mass is 448 g/mol. The van der Waals surface area contributed by atoms with E-state index in [-0.39, 0.29) is 11.0 Å². The van der Waals surface area contributed by atoms with Gasteiger partial charge in [-0.2, -0.15) is 5.26 Å². The SMILES string of the molecule is N#CC1(NC(=O)[C@H](CC(F)(F)Cc2ccc(F)cc2)NC(=O)N2CCCC3(CC3)C2)CC1. The van der Waals surface area contributed by atoms with Gasteiger partial charge in [-0.3, -0.25) is 4.79 Å². The molecule has 3 aliphatic rings. The van der Waals surface area contributed by atoms with Crippen LogP contribution in [0.1, 0.15) is 50.5 Å². The number of nitrogens with one attached hydrogen (secondary N) is 2. The van der Waals surface area contributed by atoms with Crippen LogP contribution in [0.2, 0.25) is 0 Å². The van der Waals surface area contributed by atoms with Gasteiger partial charge in [0.15, 0.2) is 0 Å². The van der Waals surface area contributed by atoms with Crippen molar-refractivity contribution >= 4 is 11.9 Å². The fourth-order valence-electron chi connectivity index (χ4n) is 4.40. The Morgan fingerprint density at radius 2 is 1.84 bits per heavy atom. The lowest BCUT2D eigenvalue weighted by atomic mass is 9.95. The van der Waals surface area contributed by atoms with E-state index in [9.17, 15) is 28.0 Å². The summed E-state index contributed by atoms with van der Waals surface area (Å²) in [5.41, 5.74) is -0.655. The summed E-state index contributed by atoms with van der Waals surface area (Å²) in [7, 11) is 0. The number of likely N-dealkylation sites (tertiary alicyclic amines) is 1. The van der Waals surface area contributed by atoms with Crippen molar-refractivity contribution in [2.24, 2.45) is 5.41 Å². The molecule has 1 atom stereocenters. The molecule has 1 aromatic rings. The van der Waals surface area contributed by atoms with Gasteiger partial charge in [0.05, 0.1) is 6.07 Å². The predicted molar refractivity (Wildman–Crippen MR) is 110 cm³/mol. The molecule has 0 bridgehead atoms. The third kappa shape index (κ3) is 5.34. The number of nitrogens with zero attached hydrogens (tertiary/aromatic N) is 2. The van der Waals surface area contributed by atoms with E-state index in [1.807, 2.05) is 6.07 Å². The van der Waals surface area contributed by atoms with Gasteiger partial charge in [-0.1, -0.05) is 12.1 Å². The molecule has 0 radical (unpaired) electrons. The number of benzene rings is 1. The summed E-state index contributed by atoms with van der Waals surface area (Å²) in [6, 6.07) is 4.74. The Morgan fingerprint density at radius 3 is 2.44 bits per heavy atom. The van der Waals surface area contributed by atoms with Crippen molar-refractivity contribution in [3.05, 3.63) is 35.6 Å². The van der Waals surface area contributed by atoms with Crippen molar-refractivity contribution in [2.45, 2.75) is 68.9 Å². The zero-order valence-electron chi connectivity index (χ0n) is 17.8. The van der Waals surface area contributed by atoms with Gasteiger partial charge < -0.3 is 15.5 Å². The van der Waals surface area contributed by atoms with Gasteiger partial charge in [0, 0.05) is 25.9 Å². The molecule has 32 heavy (non-hydrogen) atoms. The highest BCUT2D eigenvalue weighted by Crippen LogP contribution is 2.52. The molecule has 1 spiro atoms. The Balaban J connectivity index is 1.45. The molecule has 0 unspecified atom stereocenters. The lowest BCUT2D eigenvalue weighted by Gasteiger charge is -2.34. The van der Waals surface area contributed by atoms with E-state index in [4.69, 9.17) is 0 Å². The van der Waals surface area contributed by atoms with Crippen molar-refractivity contribution < 1.29 is 22.8 Å². The van der Waals surface area contributed by atoms with Gasteiger partial charge in [-0.25, -0.2) is 18.0 Å². The second-order valence-corrected chi connectivity index (χ2v) is 9.57. The average molecular weight is 448 g/mol. The molecule has 6 nitrogen and oxygen atoms in total. The normalized spacial score (nSPS) is 21.4. The quantitative estimate of drug-likeness (QED) is 0.669. The minimum atomic E-state index is -3.32. The van der Waals surface area contributed by atoms with Gasteiger partial charge >= 0.3 is 6.03 Å². The molecule has 3 amide bonds. The molecule has 1 aliphatic heterocycles. The number of piperidine rings is 1. The predicted octanol–water partition coefficient (Wildman–Crippen LogP) is 3.52. The topological polar surface area (TPSA) is 85.2 Å². The number of hydrogen-bond acceptors (Lipinski definition) is 3. The number of carbonyl (C=O) groups excluding carboxylic acids is 2. The van der Waals surface area contributed by atoms with Crippen LogP contribution in [-0.2, 0) is 11.2 Å². The van der Waals surface area contributed by atoms with Gasteiger partial charge in [0.1, 0.15) is 17.4 Å². The van der Waals surface area contributed by atoms with Crippen LogP contribution in [-0.4, -0.2) is 47.4 Å². The van der Waals surface area contributed by atoms with E-state index in [1.165, 1.54) is 12.1 Å². The number of amides is 3. The van der Waals surface area contributed by atoms with Crippen LogP contribution in [0.15, 0.2) is 24.3 Å². The smallest absolute Gasteiger partial charge is 0.318 e. The third-order valence-corrected chi connectivity index (χ3v) is 6.73. The van der Waals surface area contributed by atoms with Crippen LogP contribution < -0.4 is 10.6 Å². The average Bonchev–Trinajstić information content (AvgIpc) is 3.68. The van der Waals surface area contributed by atoms with Crippen LogP contribution >= 0.6 is 0 Å². The number of alkyl halides is 2. The minimum absolute atomic E-state index is 0.152. The molecule has 2 aliphatic carbocycles. The maximum absolute atomic E-state index is 14.9. The first-order valence-corrected chi connectivity index (χ1v) is 11.0. The highest BCUT2D eigenvalue weighted by atomic mass is 19.3. The lowest BCUT2D eigenvalue weighted by Crippen LogP contribution is -2.56. The van der Waals surface area contributed by atoms with Crippen molar-refractivity contribution in [3.63, 3.8) is 0 Å². The van der Waals surface area contributed by atoms with Gasteiger partial charge in [0.2, 0.25) is 5.91 Å². The zero-order valence-corrected chi connectivity index (χ0v) is 17.8. The Bertz CT molecular complexity index is 920. The molecule has 0 aromatic heterocycles. The van der Waals surface area contributed by atoms with Gasteiger partial charge in [-0.05, 0) is 61.6 Å². The first-order chi connectivity index (χ1) is 15.1. The highest BCUT2D eigenvalue weighted by Gasteiger charge is 2.49. The van der Waals surface area contributed by atoms with Crippen molar-refractivity contribution in [2.75, 3.05) is 13.1 Å². The lowest BCUT2D eigenvalue weighted by molar-refractivity contribution is -0.126. The first kappa shape index (κ1) is 22.4. The molecule has 9 heteroatoms. The van der Waals surface area contributed by atoms with Gasteiger partial charge in [0.25, 0.3) is 5.92 Å². The van der Waals surface area contributed by atoms with Crippen molar-refractivity contribution in [1.82, 2.24) is 15.5 Å². The molecular formula is C23H27F3N4O2. The molecule has 2 saturated carbocycles. The van der Waals surface area contributed by atoms with Crippen LogP contribution in [0.5, 0.6) is 0 Å². The maximum Gasteiger partial charge on any atom is 0.318 e. The van der Waals surface area contributed by atoms with E-state index in [2.05, 4.69) is 10.6 Å². The Morgan fingerprint density at radius 1 is 1.16 bits per heavy atom. The van der Waals surface area contributed by atoms with E-state index in [0.717, 1.165) is 37.8 Å². The fourth-order valence-corrected chi connectivity index (χ4v) is 4.40. The molecule has 3 fully saturated rings. The Kier molecular flexibility index (Phi) is 5.82. The van der Waals surface area contributed by atoms with Crippen LogP contribution in [0, 0.1) is 22.6 Å². The van der Waals surface area contributed by atoms with Crippen molar-refractivity contribution in [1.29, 1.82) is 5.26 Å².